The van der Waals surface area contributed by atoms with Gasteiger partial charge < -0.3 is 19.9 Å². The van der Waals surface area contributed by atoms with Crippen molar-refractivity contribution in [3.05, 3.63) is 36.2 Å². The number of amides is 1. The van der Waals surface area contributed by atoms with Crippen LogP contribution in [-0.4, -0.2) is 51.3 Å². The zero-order valence-corrected chi connectivity index (χ0v) is 14.1. The lowest BCUT2D eigenvalue weighted by molar-refractivity contribution is -0.116. The predicted octanol–water partition coefficient (Wildman–Crippen LogP) is 1.56. The van der Waals surface area contributed by atoms with Crippen molar-refractivity contribution < 1.29 is 24.2 Å². The third-order valence-corrected chi connectivity index (χ3v) is 3.92. The Labute approximate surface area is 149 Å². The van der Waals surface area contributed by atoms with Crippen LogP contribution in [0.25, 0.3) is 0 Å². The second kappa shape index (κ2) is 8.43. The first-order valence-corrected chi connectivity index (χ1v) is 8.38. The molecule has 26 heavy (non-hydrogen) atoms. The summed E-state index contributed by atoms with van der Waals surface area (Å²) in [5.41, 5.74) is 0.320. The number of rotatable bonds is 7. The lowest BCUT2D eigenvalue weighted by Crippen LogP contribution is -2.26. The molecule has 0 spiro atoms. The van der Waals surface area contributed by atoms with Gasteiger partial charge in [0, 0.05) is 6.61 Å². The van der Waals surface area contributed by atoms with E-state index in [-0.39, 0.29) is 24.2 Å². The fraction of sp³-hybridized carbons (Fsp3) is 0.412. The van der Waals surface area contributed by atoms with Gasteiger partial charge in [0.05, 0.1) is 18.0 Å². The maximum absolute atomic E-state index is 12.2. The van der Waals surface area contributed by atoms with Crippen molar-refractivity contribution >= 4 is 17.6 Å². The fourth-order valence-electron chi connectivity index (χ4n) is 2.63. The Balaban J connectivity index is 1.57. The Kier molecular flexibility index (Phi) is 5.80. The summed E-state index contributed by atoms with van der Waals surface area (Å²) in [4.78, 5) is 23.0. The average Bonchev–Trinajstić information content (AvgIpc) is 3.10. The maximum Gasteiger partial charge on any atom is 0.358 e. The molecule has 1 fully saturated rings. The first-order chi connectivity index (χ1) is 12.6. The van der Waals surface area contributed by atoms with E-state index in [0.717, 1.165) is 30.6 Å². The molecular formula is C17H20N4O5. The van der Waals surface area contributed by atoms with Gasteiger partial charge in [-0.2, -0.15) is 0 Å². The van der Waals surface area contributed by atoms with Crippen molar-refractivity contribution in [3.63, 3.8) is 0 Å². The highest BCUT2D eigenvalue weighted by Gasteiger charge is 2.16. The van der Waals surface area contributed by atoms with Crippen LogP contribution in [0.4, 0.5) is 5.69 Å². The molecule has 1 aliphatic heterocycles. The SMILES string of the molecule is O=C(Cn1cc(C(=O)O)nn1)Nc1ccccc1OCC1CCCCO1. The number of hydrogen-bond donors (Lipinski definition) is 2. The van der Waals surface area contributed by atoms with Gasteiger partial charge in [0.2, 0.25) is 5.91 Å². The fourth-order valence-corrected chi connectivity index (χ4v) is 2.63. The summed E-state index contributed by atoms with van der Waals surface area (Å²) in [6, 6.07) is 7.12. The second-order valence-electron chi connectivity index (χ2n) is 5.95. The molecule has 1 amide bonds. The zero-order valence-electron chi connectivity index (χ0n) is 14.1. The molecule has 3 rings (SSSR count). The van der Waals surface area contributed by atoms with Crippen molar-refractivity contribution in [2.45, 2.75) is 31.9 Å². The zero-order chi connectivity index (χ0) is 18.4. The number of ether oxygens (including phenoxy) is 2. The molecular weight excluding hydrogens is 340 g/mol. The van der Waals surface area contributed by atoms with Gasteiger partial charge in [-0.25, -0.2) is 9.48 Å². The van der Waals surface area contributed by atoms with E-state index in [1.165, 1.54) is 6.20 Å². The van der Waals surface area contributed by atoms with E-state index in [2.05, 4.69) is 15.6 Å². The van der Waals surface area contributed by atoms with Crippen molar-refractivity contribution in [1.82, 2.24) is 15.0 Å². The van der Waals surface area contributed by atoms with Crippen molar-refractivity contribution in [3.8, 4) is 5.75 Å². The number of carboxylic acids is 1. The van der Waals surface area contributed by atoms with Crippen LogP contribution in [0.15, 0.2) is 30.5 Å². The molecule has 9 heteroatoms. The van der Waals surface area contributed by atoms with Crippen LogP contribution < -0.4 is 10.1 Å². The normalized spacial score (nSPS) is 16.8. The summed E-state index contributed by atoms with van der Waals surface area (Å²) in [5.74, 6) is -1.00. The maximum atomic E-state index is 12.2. The first kappa shape index (κ1) is 17.9. The van der Waals surface area contributed by atoms with Crippen molar-refractivity contribution in [2.24, 2.45) is 0 Å². The van der Waals surface area contributed by atoms with E-state index in [4.69, 9.17) is 14.6 Å². The third-order valence-electron chi connectivity index (χ3n) is 3.92. The van der Waals surface area contributed by atoms with E-state index in [9.17, 15) is 9.59 Å². The molecule has 1 aromatic carbocycles. The second-order valence-corrected chi connectivity index (χ2v) is 5.95. The van der Waals surface area contributed by atoms with Gasteiger partial charge in [-0.3, -0.25) is 4.79 Å². The summed E-state index contributed by atoms with van der Waals surface area (Å²) >= 11 is 0. The molecule has 138 valence electrons. The van der Waals surface area contributed by atoms with E-state index in [1.54, 1.807) is 18.2 Å². The van der Waals surface area contributed by atoms with Gasteiger partial charge in [-0.1, -0.05) is 17.3 Å². The first-order valence-electron chi connectivity index (χ1n) is 8.38. The number of benzene rings is 1. The highest BCUT2D eigenvalue weighted by Crippen LogP contribution is 2.25. The number of aromatic nitrogens is 3. The van der Waals surface area contributed by atoms with Crippen LogP contribution in [0.1, 0.15) is 29.8 Å². The molecule has 1 unspecified atom stereocenters. The third kappa shape index (κ3) is 4.79. The lowest BCUT2D eigenvalue weighted by Gasteiger charge is -2.23. The largest absolute Gasteiger partial charge is 0.489 e. The molecule has 1 aromatic heterocycles. The number of carbonyl (C=O) groups excluding carboxylic acids is 1. The highest BCUT2D eigenvalue weighted by molar-refractivity contribution is 5.92. The summed E-state index contributed by atoms with van der Waals surface area (Å²) in [5, 5.41) is 18.7. The standard InChI is InChI=1S/C17H20N4O5/c22-16(10-21-9-14(17(23)24)19-20-21)18-13-6-1-2-7-15(13)26-11-12-5-3-4-8-25-12/h1-2,6-7,9,12H,3-5,8,10-11H2,(H,18,22)(H,23,24). The molecule has 1 atom stereocenters. The molecule has 0 radical (unpaired) electrons. The van der Waals surface area contributed by atoms with Crippen LogP contribution in [0.3, 0.4) is 0 Å². The van der Waals surface area contributed by atoms with Gasteiger partial charge in [0.25, 0.3) is 0 Å². The molecule has 2 N–H and O–H groups in total. The van der Waals surface area contributed by atoms with Gasteiger partial charge in [0.15, 0.2) is 5.69 Å². The summed E-state index contributed by atoms with van der Waals surface area (Å²) in [6.45, 7) is 1.03. The molecule has 2 aromatic rings. The van der Waals surface area contributed by atoms with Crippen LogP contribution in [0.2, 0.25) is 0 Å². The topological polar surface area (TPSA) is 116 Å². The van der Waals surface area contributed by atoms with Gasteiger partial charge in [-0.15, -0.1) is 5.10 Å². The van der Waals surface area contributed by atoms with E-state index in [1.807, 2.05) is 6.07 Å². The Bertz CT molecular complexity index is 770. The molecule has 1 saturated heterocycles. The van der Waals surface area contributed by atoms with Crippen LogP contribution in [0.5, 0.6) is 5.75 Å². The van der Waals surface area contributed by atoms with Crippen LogP contribution in [0, 0.1) is 0 Å². The summed E-state index contributed by atoms with van der Waals surface area (Å²) in [6.07, 6.45) is 4.44. The highest BCUT2D eigenvalue weighted by atomic mass is 16.5. The quantitative estimate of drug-likeness (QED) is 0.770. The Hall–Kier alpha value is -2.94. The Morgan fingerprint density at radius 1 is 1.35 bits per heavy atom. The lowest BCUT2D eigenvalue weighted by atomic mass is 10.1. The number of carbonyl (C=O) groups is 2. The van der Waals surface area contributed by atoms with E-state index in [0.29, 0.717) is 18.0 Å². The molecule has 9 nitrogen and oxygen atoms in total. The van der Waals surface area contributed by atoms with Crippen LogP contribution in [-0.2, 0) is 16.1 Å². The molecule has 1 aliphatic rings. The Morgan fingerprint density at radius 3 is 2.92 bits per heavy atom. The van der Waals surface area contributed by atoms with Gasteiger partial charge in [0.1, 0.15) is 18.9 Å². The molecule has 2 heterocycles. The van der Waals surface area contributed by atoms with Gasteiger partial charge in [-0.05, 0) is 31.4 Å². The monoisotopic (exact) mass is 360 g/mol. The van der Waals surface area contributed by atoms with Crippen molar-refractivity contribution in [1.29, 1.82) is 0 Å². The number of anilines is 1. The summed E-state index contributed by atoms with van der Waals surface area (Å²) < 4.78 is 12.6. The van der Waals surface area contributed by atoms with Crippen LogP contribution >= 0.6 is 0 Å². The number of nitrogens with one attached hydrogen (secondary N) is 1. The van der Waals surface area contributed by atoms with Gasteiger partial charge >= 0.3 is 5.97 Å². The van der Waals surface area contributed by atoms with E-state index < -0.39 is 5.97 Å². The predicted molar refractivity (Wildman–Crippen MR) is 91.1 cm³/mol. The minimum Gasteiger partial charge on any atom is -0.489 e. The number of hydrogen-bond acceptors (Lipinski definition) is 6. The number of nitrogens with zero attached hydrogens (tertiary/aromatic N) is 3. The Morgan fingerprint density at radius 2 is 2.19 bits per heavy atom. The minimum atomic E-state index is -1.19. The minimum absolute atomic E-state index is 0.0668. The summed E-state index contributed by atoms with van der Waals surface area (Å²) in [7, 11) is 0. The molecule has 0 bridgehead atoms. The number of aromatic carboxylic acids is 1. The molecule has 0 aliphatic carbocycles. The average molecular weight is 360 g/mol. The van der Waals surface area contributed by atoms with Crippen molar-refractivity contribution in [2.75, 3.05) is 18.5 Å². The van der Waals surface area contributed by atoms with E-state index >= 15 is 0 Å². The molecule has 0 saturated carbocycles. The number of para-hydroxylation sites is 2. The number of carboxylic acid groups (broad SMARTS) is 1. The smallest absolute Gasteiger partial charge is 0.358 e.